The van der Waals surface area contributed by atoms with Crippen molar-refractivity contribution in [3.8, 4) is 22.4 Å². The molecule has 10 nitrogen and oxygen atoms in total. The first-order valence-corrected chi connectivity index (χ1v) is 12.3. The van der Waals surface area contributed by atoms with Crippen LogP contribution in [0.3, 0.4) is 0 Å². The van der Waals surface area contributed by atoms with E-state index >= 15 is 0 Å². The van der Waals surface area contributed by atoms with Crippen molar-refractivity contribution in [1.29, 1.82) is 0 Å². The van der Waals surface area contributed by atoms with Gasteiger partial charge in [-0.25, -0.2) is 9.97 Å². The highest BCUT2D eigenvalue weighted by atomic mass is 16.2. The molecule has 39 heavy (non-hydrogen) atoms. The molecule has 10 heteroatoms. The Morgan fingerprint density at radius 2 is 1.67 bits per heavy atom. The number of rotatable bonds is 7. The number of benzene rings is 2. The third-order valence-electron chi connectivity index (χ3n) is 6.44. The second-order valence-electron chi connectivity index (χ2n) is 9.29. The van der Waals surface area contributed by atoms with Gasteiger partial charge in [0, 0.05) is 42.7 Å². The molecule has 2 amide bonds. The number of anilines is 2. The molecule has 0 aliphatic carbocycles. The van der Waals surface area contributed by atoms with E-state index in [2.05, 4.69) is 32.3 Å². The van der Waals surface area contributed by atoms with Gasteiger partial charge in [-0.05, 0) is 48.4 Å². The zero-order chi connectivity index (χ0) is 27.7. The fourth-order valence-electron chi connectivity index (χ4n) is 4.46. The van der Waals surface area contributed by atoms with Crippen molar-refractivity contribution in [2.45, 2.75) is 13.5 Å². The minimum absolute atomic E-state index is 0.194. The lowest BCUT2D eigenvalue weighted by atomic mass is 9.97. The summed E-state index contributed by atoms with van der Waals surface area (Å²) in [6.45, 7) is 5.68. The fraction of sp³-hybridized carbons (Fsp3) is 0.138. The molecule has 0 atom stereocenters. The average molecular weight is 521 g/mol. The van der Waals surface area contributed by atoms with E-state index in [0.717, 1.165) is 33.5 Å². The van der Waals surface area contributed by atoms with Crippen molar-refractivity contribution < 1.29 is 9.59 Å². The summed E-state index contributed by atoms with van der Waals surface area (Å²) in [5, 5.41) is 10.7. The number of aromatic nitrogens is 5. The predicted molar refractivity (Wildman–Crippen MR) is 152 cm³/mol. The predicted octanol–water partition coefficient (Wildman–Crippen LogP) is 4.06. The normalized spacial score (nSPS) is 10.9. The van der Waals surface area contributed by atoms with Gasteiger partial charge >= 0.3 is 0 Å². The molecule has 0 aliphatic rings. The molecule has 0 aliphatic heterocycles. The minimum atomic E-state index is -0.236. The van der Waals surface area contributed by atoms with E-state index < -0.39 is 0 Å². The number of nitrogen functional groups attached to an aromatic ring is 1. The highest BCUT2D eigenvalue weighted by Gasteiger charge is 2.22. The Balaban J connectivity index is 1.50. The molecule has 5 rings (SSSR count). The molecular weight excluding hydrogens is 492 g/mol. The lowest BCUT2D eigenvalue weighted by molar-refractivity contribution is -0.112. The Hall–Kier alpha value is -5.25. The highest BCUT2D eigenvalue weighted by Crippen LogP contribution is 2.41. The van der Waals surface area contributed by atoms with Gasteiger partial charge in [0.2, 0.25) is 0 Å². The first-order chi connectivity index (χ1) is 18.7. The topological polar surface area (TPSA) is 133 Å². The van der Waals surface area contributed by atoms with Crippen molar-refractivity contribution in [3.63, 3.8) is 0 Å². The number of amides is 2. The Bertz CT molecular complexity index is 1710. The van der Waals surface area contributed by atoms with Gasteiger partial charge in [-0.3, -0.25) is 14.3 Å². The quantitative estimate of drug-likeness (QED) is 0.277. The van der Waals surface area contributed by atoms with Gasteiger partial charge < -0.3 is 20.9 Å². The lowest BCUT2D eigenvalue weighted by Gasteiger charge is -2.11. The highest BCUT2D eigenvalue weighted by molar-refractivity contribution is 6.08. The van der Waals surface area contributed by atoms with Gasteiger partial charge in [-0.1, -0.05) is 30.8 Å². The standard InChI is InChI=1S/C29H28N8O2/c1-17(2)28(38)34-21-11-9-19(10-12-21)25-23(24-26(30)32-16-33-27(24)37(25)4)18-5-7-20(8-6-18)29(39)31-15-22-13-14-36(3)35-22/h5-14,16H,1,15H2,2-4H3,(H,31,39)(H,34,38)(H2,30,32,33). The van der Waals surface area contributed by atoms with Crippen LogP contribution in [-0.2, 0) is 25.4 Å². The number of hydrogen-bond acceptors (Lipinski definition) is 6. The second-order valence-corrected chi connectivity index (χ2v) is 9.29. The molecule has 3 heterocycles. The summed E-state index contributed by atoms with van der Waals surface area (Å²) >= 11 is 0. The molecule has 4 N–H and O–H groups in total. The number of nitrogens with zero attached hydrogens (tertiary/aromatic N) is 5. The summed E-state index contributed by atoms with van der Waals surface area (Å²) in [6.07, 6.45) is 3.27. The van der Waals surface area contributed by atoms with Crippen molar-refractivity contribution in [2.75, 3.05) is 11.1 Å². The van der Waals surface area contributed by atoms with Gasteiger partial charge in [0.15, 0.2) is 0 Å². The number of carbonyl (C=O) groups excluding carboxylic acids is 2. The van der Waals surface area contributed by atoms with Crippen LogP contribution in [0.15, 0.2) is 79.3 Å². The number of fused-ring (bicyclic) bond motifs is 1. The molecule has 0 fully saturated rings. The summed E-state index contributed by atoms with van der Waals surface area (Å²) in [4.78, 5) is 33.5. The smallest absolute Gasteiger partial charge is 0.251 e. The van der Waals surface area contributed by atoms with Crippen molar-refractivity contribution in [3.05, 3.63) is 90.5 Å². The number of carbonyl (C=O) groups is 2. The third-order valence-corrected chi connectivity index (χ3v) is 6.44. The second kappa shape index (κ2) is 10.3. The summed E-state index contributed by atoms with van der Waals surface area (Å²) in [7, 11) is 3.75. The van der Waals surface area contributed by atoms with Crippen LogP contribution < -0.4 is 16.4 Å². The van der Waals surface area contributed by atoms with E-state index in [9.17, 15) is 9.59 Å². The maximum Gasteiger partial charge on any atom is 0.251 e. The first kappa shape index (κ1) is 25.4. The molecule has 196 valence electrons. The zero-order valence-corrected chi connectivity index (χ0v) is 21.9. The van der Waals surface area contributed by atoms with E-state index in [0.29, 0.717) is 34.8 Å². The molecule has 0 unspecified atom stereocenters. The van der Waals surface area contributed by atoms with Crippen LogP contribution in [0.2, 0.25) is 0 Å². The maximum atomic E-state index is 12.8. The van der Waals surface area contributed by atoms with E-state index in [1.54, 1.807) is 23.7 Å². The van der Waals surface area contributed by atoms with Crippen molar-refractivity contribution in [1.82, 2.24) is 29.6 Å². The molecule has 0 radical (unpaired) electrons. The molecule has 0 saturated carbocycles. The van der Waals surface area contributed by atoms with E-state index in [1.165, 1.54) is 6.33 Å². The summed E-state index contributed by atoms with van der Waals surface area (Å²) in [5.74, 6) is -0.0692. The number of nitrogens with two attached hydrogens (primary N) is 1. The number of hydrogen-bond donors (Lipinski definition) is 3. The molecule has 2 aromatic carbocycles. The van der Waals surface area contributed by atoms with Crippen LogP contribution in [-0.4, -0.2) is 36.1 Å². The first-order valence-electron chi connectivity index (χ1n) is 12.3. The van der Waals surface area contributed by atoms with Crippen LogP contribution in [0.25, 0.3) is 33.4 Å². The van der Waals surface area contributed by atoms with E-state index in [4.69, 9.17) is 5.73 Å². The summed E-state index contributed by atoms with van der Waals surface area (Å²) < 4.78 is 3.66. The Kier molecular flexibility index (Phi) is 6.68. The largest absolute Gasteiger partial charge is 0.383 e. The van der Waals surface area contributed by atoms with Crippen molar-refractivity contribution >= 4 is 34.4 Å². The third kappa shape index (κ3) is 4.99. The van der Waals surface area contributed by atoms with Crippen LogP contribution in [0.4, 0.5) is 11.5 Å². The minimum Gasteiger partial charge on any atom is -0.383 e. The van der Waals surface area contributed by atoms with Crippen LogP contribution in [0, 0.1) is 0 Å². The molecular formula is C29H28N8O2. The van der Waals surface area contributed by atoms with Gasteiger partial charge in [0.1, 0.15) is 17.8 Å². The van der Waals surface area contributed by atoms with E-state index in [1.807, 2.05) is 67.3 Å². The summed E-state index contributed by atoms with van der Waals surface area (Å²) in [6, 6.07) is 16.7. The fourth-order valence-corrected chi connectivity index (χ4v) is 4.46. The van der Waals surface area contributed by atoms with Crippen molar-refractivity contribution in [2.24, 2.45) is 14.1 Å². The Labute approximate surface area is 225 Å². The van der Waals surface area contributed by atoms with Gasteiger partial charge in [-0.2, -0.15) is 5.10 Å². The summed E-state index contributed by atoms with van der Waals surface area (Å²) in [5.41, 5.74) is 12.9. The monoisotopic (exact) mass is 520 g/mol. The molecule has 0 saturated heterocycles. The Morgan fingerprint density at radius 3 is 2.31 bits per heavy atom. The van der Waals surface area contributed by atoms with Gasteiger partial charge in [0.05, 0.1) is 23.3 Å². The SMILES string of the molecule is C=C(C)C(=O)Nc1ccc(-c2c(-c3ccc(C(=O)NCc4ccn(C)n4)cc3)c3c(N)ncnc3n2C)cc1. The van der Waals surface area contributed by atoms with Crippen LogP contribution in [0.5, 0.6) is 0 Å². The van der Waals surface area contributed by atoms with Crippen LogP contribution >= 0.6 is 0 Å². The molecule has 0 spiro atoms. The molecule has 5 aromatic rings. The molecule has 3 aromatic heterocycles. The number of nitrogens with one attached hydrogen (secondary N) is 2. The molecule has 0 bridgehead atoms. The van der Waals surface area contributed by atoms with E-state index in [-0.39, 0.29) is 11.8 Å². The van der Waals surface area contributed by atoms with Gasteiger partial charge in [0.25, 0.3) is 11.8 Å². The maximum absolute atomic E-state index is 12.8. The van der Waals surface area contributed by atoms with Crippen LogP contribution in [0.1, 0.15) is 23.0 Å². The number of aryl methyl sites for hydroxylation is 2. The van der Waals surface area contributed by atoms with Gasteiger partial charge in [-0.15, -0.1) is 0 Å². The zero-order valence-electron chi connectivity index (χ0n) is 21.9. The Morgan fingerprint density at radius 1 is 0.974 bits per heavy atom. The lowest BCUT2D eigenvalue weighted by Crippen LogP contribution is -2.23. The average Bonchev–Trinajstić information content (AvgIpc) is 3.48.